The molecule has 0 saturated carbocycles. The summed E-state index contributed by atoms with van der Waals surface area (Å²) in [5.41, 5.74) is -0.542. The van der Waals surface area contributed by atoms with Crippen LogP contribution in [-0.2, 0) is 10.0 Å². The van der Waals surface area contributed by atoms with Crippen LogP contribution in [0.5, 0.6) is 0 Å². The van der Waals surface area contributed by atoms with Crippen molar-refractivity contribution in [1.29, 1.82) is 0 Å². The zero-order valence-corrected chi connectivity index (χ0v) is 22.9. The summed E-state index contributed by atoms with van der Waals surface area (Å²) < 4.78 is 27.5. The number of urea groups is 1. The van der Waals surface area contributed by atoms with Crippen LogP contribution < -0.4 is 14.9 Å². The summed E-state index contributed by atoms with van der Waals surface area (Å²) in [4.78, 5) is 26.9. The van der Waals surface area contributed by atoms with E-state index in [4.69, 9.17) is 34.8 Å². The lowest BCUT2D eigenvalue weighted by Crippen LogP contribution is -2.51. The number of amides is 3. The van der Waals surface area contributed by atoms with Gasteiger partial charge in [-0.15, -0.1) is 0 Å². The maximum absolute atomic E-state index is 12.8. The molecule has 0 aliphatic rings. The molecule has 0 fully saturated rings. The summed E-state index contributed by atoms with van der Waals surface area (Å²) in [6.45, 7) is 3.71. The Morgan fingerprint density at radius 1 is 1.06 bits per heavy atom. The van der Waals surface area contributed by atoms with Crippen LogP contribution in [0.2, 0.25) is 10.0 Å². The molecule has 1 atom stereocenters. The van der Waals surface area contributed by atoms with Gasteiger partial charge < -0.3 is 15.3 Å². The first-order valence-electron chi connectivity index (χ1n) is 11.1. The Kier molecular flexibility index (Phi) is 11.6. The SMILES string of the molecule is CC(C)NC(=O)N(CCCCNS(=O)(=O)c1ccc(Cl)cc1Cl)C(Cl)CN(C(=O)O)c1ccccc1. The molecule has 36 heavy (non-hydrogen) atoms. The fourth-order valence-electron chi connectivity index (χ4n) is 3.23. The topological polar surface area (TPSA) is 119 Å². The molecule has 0 heterocycles. The Balaban J connectivity index is 2.01. The molecule has 0 bridgehead atoms. The highest BCUT2D eigenvalue weighted by Crippen LogP contribution is 2.25. The molecule has 2 rings (SSSR count). The molecular formula is C23H29Cl3N4O5S. The van der Waals surface area contributed by atoms with Crippen LogP contribution in [-0.4, -0.2) is 61.7 Å². The van der Waals surface area contributed by atoms with Crippen molar-refractivity contribution in [3.8, 4) is 0 Å². The Labute approximate surface area is 226 Å². The minimum atomic E-state index is -3.84. The van der Waals surface area contributed by atoms with Crippen LogP contribution >= 0.6 is 34.8 Å². The van der Waals surface area contributed by atoms with Crippen molar-refractivity contribution in [2.75, 3.05) is 24.5 Å². The number of sulfonamides is 1. The van der Waals surface area contributed by atoms with Gasteiger partial charge in [0.1, 0.15) is 10.4 Å². The monoisotopic (exact) mass is 578 g/mol. The molecule has 198 valence electrons. The largest absolute Gasteiger partial charge is 0.465 e. The molecule has 13 heteroatoms. The number of rotatable bonds is 12. The maximum Gasteiger partial charge on any atom is 0.411 e. The van der Waals surface area contributed by atoms with E-state index < -0.39 is 27.6 Å². The molecule has 9 nitrogen and oxygen atoms in total. The van der Waals surface area contributed by atoms with Crippen molar-refractivity contribution in [1.82, 2.24) is 14.9 Å². The standard InChI is InChI=1S/C23H29Cl3N4O5S/c1-16(2)28-22(31)29(21(26)15-30(23(32)33)18-8-4-3-5-9-18)13-7-6-12-27-36(34,35)20-11-10-17(24)14-19(20)25/h3-5,8-11,14,16,21,27H,6-7,12-13,15H2,1-2H3,(H,28,31)(H,32,33). The highest BCUT2D eigenvalue weighted by Gasteiger charge is 2.27. The number of unbranched alkanes of at least 4 members (excludes halogenated alkanes) is 1. The number of carbonyl (C=O) groups is 2. The zero-order chi connectivity index (χ0) is 26.9. The molecule has 0 radical (unpaired) electrons. The van der Waals surface area contributed by atoms with Crippen LogP contribution in [0.25, 0.3) is 0 Å². The lowest BCUT2D eigenvalue weighted by molar-refractivity contribution is 0.183. The van der Waals surface area contributed by atoms with Crippen LogP contribution in [0.3, 0.4) is 0 Å². The van der Waals surface area contributed by atoms with Crippen LogP contribution in [0.1, 0.15) is 26.7 Å². The van der Waals surface area contributed by atoms with Gasteiger partial charge in [-0.2, -0.15) is 0 Å². The van der Waals surface area contributed by atoms with Gasteiger partial charge in [-0.1, -0.05) is 53.0 Å². The van der Waals surface area contributed by atoms with Crippen LogP contribution in [0.4, 0.5) is 15.3 Å². The van der Waals surface area contributed by atoms with Gasteiger partial charge in [0, 0.05) is 29.8 Å². The number of nitrogens with one attached hydrogen (secondary N) is 2. The Bertz CT molecular complexity index is 1140. The first-order valence-corrected chi connectivity index (χ1v) is 13.8. The molecule has 0 aliphatic carbocycles. The Morgan fingerprint density at radius 2 is 1.72 bits per heavy atom. The first kappa shape index (κ1) is 30.0. The number of nitrogens with zero attached hydrogens (tertiary/aromatic N) is 2. The first-order chi connectivity index (χ1) is 16.9. The number of benzene rings is 2. The van der Waals surface area contributed by atoms with E-state index in [0.29, 0.717) is 23.6 Å². The van der Waals surface area contributed by atoms with Gasteiger partial charge in [0.15, 0.2) is 0 Å². The number of halogens is 3. The quantitative estimate of drug-likeness (QED) is 0.181. The van der Waals surface area contributed by atoms with Crippen LogP contribution in [0, 0.1) is 0 Å². The number of carboxylic acid groups (broad SMARTS) is 1. The molecule has 1 unspecified atom stereocenters. The fraction of sp³-hybridized carbons (Fsp3) is 0.391. The smallest absolute Gasteiger partial charge is 0.411 e. The number of alkyl halides is 1. The lowest BCUT2D eigenvalue weighted by atomic mass is 10.2. The lowest BCUT2D eigenvalue weighted by Gasteiger charge is -2.31. The van der Waals surface area contributed by atoms with E-state index in [9.17, 15) is 23.1 Å². The molecule has 0 saturated heterocycles. The highest BCUT2D eigenvalue weighted by atomic mass is 35.5. The van der Waals surface area contributed by atoms with E-state index in [1.807, 2.05) is 0 Å². The number of anilines is 1. The molecule has 2 aromatic carbocycles. The molecule has 0 spiro atoms. The third-order valence-corrected chi connectivity index (χ3v) is 7.50. The van der Waals surface area contributed by atoms with Crippen molar-refractivity contribution in [3.05, 3.63) is 58.6 Å². The van der Waals surface area contributed by atoms with Gasteiger partial charge in [-0.05, 0) is 57.0 Å². The van der Waals surface area contributed by atoms with E-state index >= 15 is 0 Å². The van der Waals surface area contributed by atoms with E-state index in [2.05, 4.69) is 10.0 Å². The van der Waals surface area contributed by atoms with Crippen molar-refractivity contribution >= 4 is 62.6 Å². The summed E-state index contributed by atoms with van der Waals surface area (Å²) in [5.74, 6) is 0. The molecule has 0 aromatic heterocycles. The fourth-order valence-corrected chi connectivity index (χ4v) is 5.40. The van der Waals surface area contributed by atoms with Gasteiger partial charge in [0.2, 0.25) is 10.0 Å². The molecular weight excluding hydrogens is 551 g/mol. The zero-order valence-electron chi connectivity index (χ0n) is 19.8. The van der Waals surface area contributed by atoms with Crippen LogP contribution in [0.15, 0.2) is 53.4 Å². The second kappa shape index (κ2) is 13.9. The highest BCUT2D eigenvalue weighted by molar-refractivity contribution is 7.89. The van der Waals surface area contributed by atoms with E-state index in [1.165, 1.54) is 23.1 Å². The third kappa shape index (κ3) is 9.01. The average molecular weight is 580 g/mol. The second-order valence-corrected chi connectivity index (χ2v) is 11.2. The number of hydrogen-bond donors (Lipinski definition) is 3. The van der Waals surface area contributed by atoms with E-state index in [-0.39, 0.29) is 35.6 Å². The van der Waals surface area contributed by atoms with Crippen molar-refractivity contribution in [2.45, 2.75) is 43.1 Å². The number of carbonyl (C=O) groups excluding carboxylic acids is 1. The molecule has 2 aromatic rings. The normalized spacial score (nSPS) is 12.3. The number of para-hydroxylation sites is 1. The van der Waals surface area contributed by atoms with Gasteiger partial charge in [0.05, 0.1) is 11.6 Å². The predicted molar refractivity (Wildman–Crippen MR) is 143 cm³/mol. The van der Waals surface area contributed by atoms with Gasteiger partial charge in [-0.3, -0.25) is 4.90 Å². The van der Waals surface area contributed by atoms with Gasteiger partial charge in [-0.25, -0.2) is 22.7 Å². The predicted octanol–water partition coefficient (Wildman–Crippen LogP) is 5.22. The second-order valence-electron chi connectivity index (χ2n) is 8.14. The maximum atomic E-state index is 12.8. The summed E-state index contributed by atoms with van der Waals surface area (Å²) in [7, 11) is -3.84. The summed E-state index contributed by atoms with van der Waals surface area (Å²) >= 11 is 18.4. The van der Waals surface area contributed by atoms with E-state index in [1.54, 1.807) is 44.2 Å². The Hall–Kier alpha value is -2.24. The number of hydrogen-bond acceptors (Lipinski definition) is 4. The van der Waals surface area contributed by atoms with Crippen molar-refractivity contribution in [2.24, 2.45) is 0 Å². The van der Waals surface area contributed by atoms with Gasteiger partial charge in [0.25, 0.3) is 0 Å². The molecule has 0 aliphatic heterocycles. The summed E-state index contributed by atoms with van der Waals surface area (Å²) in [6, 6.07) is 11.9. The minimum Gasteiger partial charge on any atom is -0.465 e. The summed E-state index contributed by atoms with van der Waals surface area (Å²) in [6.07, 6.45) is -0.406. The average Bonchev–Trinajstić information content (AvgIpc) is 2.79. The minimum absolute atomic E-state index is 0.0120. The third-order valence-electron chi connectivity index (χ3n) is 4.94. The summed E-state index contributed by atoms with van der Waals surface area (Å²) in [5, 5.41) is 12.8. The molecule has 3 amide bonds. The van der Waals surface area contributed by atoms with Gasteiger partial charge >= 0.3 is 12.1 Å². The molecule has 3 N–H and O–H groups in total. The Morgan fingerprint density at radius 3 is 2.31 bits per heavy atom. The van der Waals surface area contributed by atoms with Crippen molar-refractivity contribution < 1.29 is 23.1 Å². The van der Waals surface area contributed by atoms with Crippen molar-refractivity contribution in [3.63, 3.8) is 0 Å². The van der Waals surface area contributed by atoms with E-state index in [0.717, 1.165) is 4.90 Å².